The van der Waals surface area contributed by atoms with Crippen LogP contribution in [0.2, 0.25) is 0 Å². The van der Waals surface area contributed by atoms with Gasteiger partial charge in [0.1, 0.15) is 5.75 Å². The second-order valence-electron chi connectivity index (χ2n) is 6.35. The van der Waals surface area contributed by atoms with Crippen molar-refractivity contribution in [1.82, 2.24) is 0 Å². The van der Waals surface area contributed by atoms with Gasteiger partial charge in [-0.3, -0.25) is 0 Å². The van der Waals surface area contributed by atoms with Crippen LogP contribution in [0.25, 0.3) is 0 Å². The lowest BCUT2D eigenvalue weighted by Crippen LogP contribution is -2.42. The summed E-state index contributed by atoms with van der Waals surface area (Å²) in [5, 5.41) is 0. The second-order valence-corrected chi connectivity index (χ2v) is 6.35. The third kappa shape index (κ3) is 2.16. The molecule has 1 aromatic rings. The molecule has 0 spiro atoms. The van der Waals surface area contributed by atoms with Gasteiger partial charge in [-0.05, 0) is 42.4 Å². The van der Waals surface area contributed by atoms with Crippen molar-refractivity contribution >= 4 is 0 Å². The van der Waals surface area contributed by atoms with E-state index < -0.39 is 0 Å². The maximum atomic E-state index is 6.23. The van der Waals surface area contributed by atoms with E-state index in [0.29, 0.717) is 23.7 Å². The zero-order valence-electron chi connectivity index (χ0n) is 12.8. The fourth-order valence-corrected chi connectivity index (χ4v) is 4.04. The first-order chi connectivity index (χ1) is 9.61. The minimum atomic E-state index is 0.191. The van der Waals surface area contributed by atoms with Gasteiger partial charge in [0.25, 0.3) is 0 Å². The van der Waals surface area contributed by atoms with Gasteiger partial charge < -0.3 is 9.47 Å². The van der Waals surface area contributed by atoms with Crippen LogP contribution in [0.4, 0.5) is 0 Å². The fraction of sp³-hybridized carbons (Fsp3) is 0.556. The third-order valence-corrected chi connectivity index (χ3v) is 5.21. The lowest BCUT2D eigenvalue weighted by molar-refractivity contribution is -0.0934. The van der Waals surface area contributed by atoms with E-state index in [9.17, 15) is 0 Å². The summed E-state index contributed by atoms with van der Waals surface area (Å²) in [6, 6.07) is 8.34. The van der Waals surface area contributed by atoms with E-state index >= 15 is 0 Å². The standard InChI is InChI=1S/C18H24O2/c1-11-9-12(2)17-13(3)16(11)10-20-18(17)14-5-7-15(19-4)8-6-14/h5-9,11,13,16-18H,10H2,1-4H3/t11-,13-,16+,17+,18+/m0/s1. The van der Waals surface area contributed by atoms with Gasteiger partial charge in [-0.1, -0.05) is 37.6 Å². The minimum Gasteiger partial charge on any atom is -0.497 e. The molecule has 1 fully saturated rings. The van der Waals surface area contributed by atoms with Gasteiger partial charge in [-0.2, -0.15) is 0 Å². The molecule has 1 saturated heterocycles. The molecular weight excluding hydrogens is 248 g/mol. The van der Waals surface area contributed by atoms with Crippen molar-refractivity contribution in [2.45, 2.75) is 26.9 Å². The molecule has 0 amide bonds. The number of benzene rings is 1. The van der Waals surface area contributed by atoms with Gasteiger partial charge in [0.2, 0.25) is 0 Å². The zero-order chi connectivity index (χ0) is 14.3. The molecule has 1 aromatic carbocycles. The Morgan fingerprint density at radius 3 is 2.50 bits per heavy atom. The maximum absolute atomic E-state index is 6.23. The van der Waals surface area contributed by atoms with Gasteiger partial charge in [0.05, 0.1) is 19.8 Å². The zero-order valence-corrected chi connectivity index (χ0v) is 12.8. The molecule has 1 aliphatic carbocycles. The van der Waals surface area contributed by atoms with Crippen LogP contribution in [0.1, 0.15) is 32.4 Å². The summed E-state index contributed by atoms with van der Waals surface area (Å²) in [6.45, 7) is 7.84. The number of methoxy groups -OCH3 is 1. The highest BCUT2D eigenvalue weighted by Crippen LogP contribution is 2.49. The smallest absolute Gasteiger partial charge is 0.118 e. The molecule has 0 N–H and O–H groups in total. The molecule has 0 radical (unpaired) electrons. The van der Waals surface area contributed by atoms with Crippen molar-refractivity contribution in [3.05, 3.63) is 41.5 Å². The highest BCUT2D eigenvalue weighted by atomic mass is 16.5. The van der Waals surface area contributed by atoms with E-state index in [1.54, 1.807) is 7.11 Å². The Morgan fingerprint density at radius 2 is 1.85 bits per heavy atom. The first-order valence-corrected chi connectivity index (χ1v) is 7.55. The topological polar surface area (TPSA) is 18.5 Å². The Morgan fingerprint density at radius 1 is 1.15 bits per heavy atom. The number of fused-ring (bicyclic) bond motifs is 2. The summed E-state index contributed by atoms with van der Waals surface area (Å²) in [6.07, 6.45) is 2.64. The van der Waals surface area contributed by atoms with Crippen LogP contribution >= 0.6 is 0 Å². The van der Waals surface area contributed by atoms with E-state index in [4.69, 9.17) is 9.47 Å². The lowest BCUT2D eigenvalue weighted by atomic mass is 9.64. The molecule has 1 heterocycles. The molecule has 0 saturated carbocycles. The lowest BCUT2D eigenvalue weighted by Gasteiger charge is -2.47. The minimum absolute atomic E-state index is 0.191. The van der Waals surface area contributed by atoms with E-state index in [2.05, 4.69) is 39.0 Å². The van der Waals surface area contributed by atoms with Crippen molar-refractivity contribution in [1.29, 1.82) is 0 Å². The Kier molecular flexibility index (Phi) is 3.59. The molecule has 2 bridgehead atoms. The molecule has 1 aliphatic heterocycles. The largest absolute Gasteiger partial charge is 0.497 e. The summed E-state index contributed by atoms with van der Waals surface area (Å²) in [5.41, 5.74) is 2.75. The first kappa shape index (κ1) is 13.7. The number of hydrogen-bond acceptors (Lipinski definition) is 2. The average molecular weight is 272 g/mol. The Bertz CT molecular complexity index is 503. The maximum Gasteiger partial charge on any atom is 0.118 e. The van der Waals surface area contributed by atoms with Crippen molar-refractivity contribution in [3.8, 4) is 5.75 Å². The predicted octanol–water partition coefficient (Wildman–Crippen LogP) is 4.23. The Labute approximate surface area is 121 Å². The summed E-state index contributed by atoms with van der Waals surface area (Å²) < 4.78 is 11.5. The molecule has 0 unspecified atom stereocenters. The van der Waals surface area contributed by atoms with Crippen LogP contribution in [-0.4, -0.2) is 13.7 Å². The molecule has 3 rings (SSSR count). The summed E-state index contributed by atoms with van der Waals surface area (Å²) in [5.74, 6) is 3.41. The molecule has 2 aliphatic rings. The fourth-order valence-electron chi connectivity index (χ4n) is 4.04. The highest BCUT2D eigenvalue weighted by Gasteiger charge is 2.43. The molecule has 20 heavy (non-hydrogen) atoms. The monoisotopic (exact) mass is 272 g/mol. The molecule has 0 aromatic heterocycles. The Balaban J connectivity index is 1.92. The van der Waals surface area contributed by atoms with Gasteiger partial charge in [-0.25, -0.2) is 0 Å². The van der Waals surface area contributed by atoms with Crippen LogP contribution in [0.5, 0.6) is 5.75 Å². The van der Waals surface area contributed by atoms with Crippen molar-refractivity contribution in [2.24, 2.45) is 23.7 Å². The number of hydrogen-bond donors (Lipinski definition) is 0. The van der Waals surface area contributed by atoms with Crippen molar-refractivity contribution in [2.75, 3.05) is 13.7 Å². The van der Waals surface area contributed by atoms with E-state index in [1.807, 2.05) is 12.1 Å². The Hall–Kier alpha value is -1.28. The molecule has 5 atom stereocenters. The van der Waals surface area contributed by atoms with E-state index in [1.165, 1.54) is 11.1 Å². The van der Waals surface area contributed by atoms with Gasteiger partial charge in [-0.15, -0.1) is 0 Å². The summed E-state index contributed by atoms with van der Waals surface area (Å²) in [7, 11) is 1.70. The average Bonchev–Trinajstić information content (AvgIpc) is 2.45. The number of ether oxygens (including phenoxy) is 2. The van der Waals surface area contributed by atoms with Crippen molar-refractivity contribution in [3.63, 3.8) is 0 Å². The van der Waals surface area contributed by atoms with Crippen LogP contribution in [0.3, 0.4) is 0 Å². The van der Waals surface area contributed by atoms with E-state index in [-0.39, 0.29) is 6.10 Å². The predicted molar refractivity (Wildman–Crippen MR) is 80.8 cm³/mol. The van der Waals surface area contributed by atoms with E-state index in [0.717, 1.165) is 12.4 Å². The van der Waals surface area contributed by atoms with Gasteiger partial charge in [0, 0.05) is 5.92 Å². The molecule has 2 nitrogen and oxygen atoms in total. The van der Waals surface area contributed by atoms with Gasteiger partial charge >= 0.3 is 0 Å². The van der Waals surface area contributed by atoms with Crippen LogP contribution < -0.4 is 4.74 Å². The third-order valence-electron chi connectivity index (χ3n) is 5.21. The summed E-state index contributed by atoms with van der Waals surface area (Å²) in [4.78, 5) is 0. The SMILES string of the molecule is COc1ccc([C@H]2OC[C@H]3[C@H](C)[C@H]2C(C)=C[C@@H]3C)cc1. The van der Waals surface area contributed by atoms with Crippen LogP contribution in [0, 0.1) is 23.7 Å². The highest BCUT2D eigenvalue weighted by molar-refractivity contribution is 5.31. The summed E-state index contributed by atoms with van der Waals surface area (Å²) >= 11 is 0. The molecule has 2 heteroatoms. The second kappa shape index (κ2) is 5.25. The van der Waals surface area contributed by atoms with Gasteiger partial charge in [0.15, 0.2) is 0 Å². The number of rotatable bonds is 2. The van der Waals surface area contributed by atoms with Crippen LogP contribution in [-0.2, 0) is 4.74 Å². The molecular formula is C18H24O2. The number of allylic oxidation sites excluding steroid dienone is 1. The normalized spacial score (nSPS) is 36.4. The quantitative estimate of drug-likeness (QED) is 0.750. The molecule has 108 valence electrons. The van der Waals surface area contributed by atoms with Crippen LogP contribution in [0.15, 0.2) is 35.9 Å². The first-order valence-electron chi connectivity index (χ1n) is 7.55. The van der Waals surface area contributed by atoms with Crippen molar-refractivity contribution < 1.29 is 9.47 Å².